The minimum absolute atomic E-state index is 0.174. The summed E-state index contributed by atoms with van der Waals surface area (Å²) in [6.07, 6.45) is 6.75. The van der Waals surface area contributed by atoms with Gasteiger partial charge in [-0.25, -0.2) is 0 Å². The number of fused-ring (bicyclic) bond motifs is 4. The van der Waals surface area contributed by atoms with Gasteiger partial charge in [-0.3, -0.25) is 0 Å². The minimum Gasteiger partial charge on any atom is -0.310 e. The van der Waals surface area contributed by atoms with E-state index in [1.54, 1.807) is 0 Å². The Bertz CT molecular complexity index is 2730. The van der Waals surface area contributed by atoms with Crippen LogP contribution < -0.4 is 4.90 Å². The molecule has 2 aliphatic carbocycles. The standard InChI is InChI=1S/C56H49N/c1-38-15-10-13-22-48(38)51-35-44-20-11-12-21-45(44)36-54(51)57(46-31-29-42(30-32-46)41-27-25-40(26-28-41)39-16-6-4-7-17-39)47-33-34-50-53(37-47)56(2,3)52-24-14-23-49(55(50)52)43-18-8-5-9-19-43/h5,8-15,18-37,39H,4,6-7,16-17H2,1-3H3. The SMILES string of the molecule is Cc1ccccc1-c1cc2ccccc2cc1N(c1ccc(-c2ccc(C3CCCCC3)cc2)cc1)c1ccc2c(c1)C(C)(C)c1cccc(-c3ccccc3)c1-2. The van der Waals surface area contributed by atoms with Gasteiger partial charge >= 0.3 is 0 Å². The van der Waals surface area contributed by atoms with E-state index in [-0.39, 0.29) is 5.41 Å². The first-order valence-electron chi connectivity index (χ1n) is 20.9. The summed E-state index contributed by atoms with van der Waals surface area (Å²) in [5.74, 6) is 0.711. The topological polar surface area (TPSA) is 3.24 Å². The van der Waals surface area contributed by atoms with Crippen molar-refractivity contribution >= 4 is 27.8 Å². The fourth-order valence-electron chi connectivity index (χ4n) is 9.89. The number of benzene rings is 8. The van der Waals surface area contributed by atoms with Crippen molar-refractivity contribution in [1.82, 2.24) is 0 Å². The first kappa shape index (κ1) is 35.2. The maximum Gasteiger partial charge on any atom is 0.0546 e. The molecule has 0 heterocycles. The Morgan fingerprint density at radius 1 is 0.456 bits per heavy atom. The van der Waals surface area contributed by atoms with Crippen molar-refractivity contribution in [1.29, 1.82) is 0 Å². The van der Waals surface area contributed by atoms with Gasteiger partial charge in [0.15, 0.2) is 0 Å². The van der Waals surface area contributed by atoms with Crippen LogP contribution in [-0.4, -0.2) is 0 Å². The van der Waals surface area contributed by atoms with Crippen molar-refractivity contribution in [3.05, 3.63) is 198 Å². The molecule has 10 rings (SSSR count). The quantitative estimate of drug-likeness (QED) is 0.158. The lowest BCUT2D eigenvalue weighted by Crippen LogP contribution is -2.17. The zero-order chi connectivity index (χ0) is 38.5. The second-order valence-corrected chi connectivity index (χ2v) is 16.8. The molecule has 0 atom stereocenters. The molecule has 1 nitrogen and oxygen atoms in total. The van der Waals surface area contributed by atoms with Crippen molar-refractivity contribution in [3.63, 3.8) is 0 Å². The monoisotopic (exact) mass is 735 g/mol. The maximum atomic E-state index is 2.50. The molecule has 1 saturated carbocycles. The molecule has 0 amide bonds. The molecule has 278 valence electrons. The van der Waals surface area contributed by atoms with E-state index in [0.717, 1.165) is 11.4 Å². The van der Waals surface area contributed by atoms with Crippen LogP contribution in [0.15, 0.2) is 176 Å². The van der Waals surface area contributed by atoms with Gasteiger partial charge in [0.25, 0.3) is 0 Å². The maximum absolute atomic E-state index is 2.50. The Kier molecular flexibility index (Phi) is 8.90. The Hall–Kier alpha value is -6.18. The molecular weight excluding hydrogens is 687 g/mol. The Morgan fingerprint density at radius 3 is 1.82 bits per heavy atom. The third-order valence-corrected chi connectivity index (χ3v) is 13.0. The largest absolute Gasteiger partial charge is 0.310 e. The van der Waals surface area contributed by atoms with E-state index in [9.17, 15) is 0 Å². The normalized spacial score (nSPS) is 14.6. The second kappa shape index (κ2) is 14.4. The molecule has 0 spiro atoms. The highest BCUT2D eigenvalue weighted by Gasteiger charge is 2.37. The first-order valence-corrected chi connectivity index (χ1v) is 20.9. The summed E-state index contributed by atoms with van der Waals surface area (Å²) in [4.78, 5) is 2.50. The van der Waals surface area contributed by atoms with Gasteiger partial charge in [-0.15, -0.1) is 0 Å². The molecule has 0 aromatic heterocycles. The number of hydrogen-bond donors (Lipinski definition) is 0. The van der Waals surface area contributed by atoms with Crippen LogP contribution in [0.1, 0.15) is 74.1 Å². The zero-order valence-corrected chi connectivity index (χ0v) is 33.3. The van der Waals surface area contributed by atoms with Crippen molar-refractivity contribution < 1.29 is 0 Å². The molecule has 2 aliphatic rings. The van der Waals surface area contributed by atoms with Crippen LogP contribution in [-0.2, 0) is 5.41 Å². The Morgan fingerprint density at radius 2 is 1.09 bits per heavy atom. The summed E-state index contributed by atoms with van der Waals surface area (Å²) in [5.41, 5.74) is 19.0. The highest BCUT2D eigenvalue weighted by Crippen LogP contribution is 2.54. The Labute approximate surface area is 338 Å². The van der Waals surface area contributed by atoms with Crippen molar-refractivity contribution in [2.45, 2.75) is 64.2 Å². The van der Waals surface area contributed by atoms with Gasteiger partial charge in [0, 0.05) is 22.4 Å². The lowest BCUT2D eigenvalue weighted by molar-refractivity contribution is 0.443. The van der Waals surface area contributed by atoms with Crippen molar-refractivity contribution in [3.8, 4) is 44.5 Å². The lowest BCUT2D eigenvalue weighted by atomic mass is 9.81. The third kappa shape index (κ3) is 6.27. The number of hydrogen-bond acceptors (Lipinski definition) is 1. The van der Waals surface area contributed by atoms with Gasteiger partial charge in [0.05, 0.1) is 5.69 Å². The average Bonchev–Trinajstić information content (AvgIpc) is 3.50. The molecule has 0 bridgehead atoms. The van der Waals surface area contributed by atoms with Gasteiger partial charge < -0.3 is 4.90 Å². The van der Waals surface area contributed by atoms with E-state index < -0.39 is 0 Å². The first-order chi connectivity index (χ1) is 27.9. The highest BCUT2D eigenvalue weighted by atomic mass is 15.1. The van der Waals surface area contributed by atoms with Gasteiger partial charge in [-0.2, -0.15) is 0 Å². The van der Waals surface area contributed by atoms with E-state index in [1.165, 1.54) is 115 Å². The van der Waals surface area contributed by atoms with E-state index in [2.05, 4.69) is 202 Å². The van der Waals surface area contributed by atoms with Crippen LogP contribution in [0.3, 0.4) is 0 Å². The van der Waals surface area contributed by atoms with Gasteiger partial charge in [0.1, 0.15) is 0 Å². The molecule has 57 heavy (non-hydrogen) atoms. The van der Waals surface area contributed by atoms with E-state index in [1.807, 2.05) is 0 Å². The molecule has 0 radical (unpaired) electrons. The number of nitrogens with zero attached hydrogens (tertiary/aromatic N) is 1. The lowest BCUT2D eigenvalue weighted by Gasteiger charge is -2.30. The zero-order valence-electron chi connectivity index (χ0n) is 33.3. The van der Waals surface area contributed by atoms with Crippen LogP contribution in [0.2, 0.25) is 0 Å². The summed E-state index contributed by atoms with van der Waals surface area (Å²) < 4.78 is 0. The minimum atomic E-state index is -0.174. The van der Waals surface area contributed by atoms with Crippen LogP contribution in [0.4, 0.5) is 17.1 Å². The summed E-state index contributed by atoms with van der Waals surface area (Å²) in [5, 5.41) is 2.47. The molecule has 0 N–H and O–H groups in total. The summed E-state index contributed by atoms with van der Waals surface area (Å²) in [6.45, 7) is 7.01. The number of anilines is 3. The third-order valence-electron chi connectivity index (χ3n) is 13.0. The summed E-state index contributed by atoms with van der Waals surface area (Å²) >= 11 is 0. The number of aryl methyl sites for hydroxylation is 1. The molecule has 8 aromatic rings. The molecule has 1 heteroatoms. The van der Waals surface area contributed by atoms with Crippen LogP contribution in [0, 0.1) is 6.92 Å². The highest BCUT2D eigenvalue weighted by molar-refractivity contribution is 6.00. The van der Waals surface area contributed by atoms with Crippen LogP contribution in [0.5, 0.6) is 0 Å². The van der Waals surface area contributed by atoms with E-state index in [0.29, 0.717) is 5.92 Å². The second-order valence-electron chi connectivity index (χ2n) is 16.8. The van der Waals surface area contributed by atoms with Gasteiger partial charge in [0.2, 0.25) is 0 Å². The fraction of sp³-hybridized carbons (Fsp3) is 0.179. The summed E-state index contributed by atoms with van der Waals surface area (Å²) in [7, 11) is 0. The predicted molar refractivity (Wildman–Crippen MR) is 243 cm³/mol. The van der Waals surface area contributed by atoms with Gasteiger partial charge in [-0.05, 0) is 134 Å². The van der Waals surface area contributed by atoms with Crippen LogP contribution in [0.25, 0.3) is 55.3 Å². The average molecular weight is 736 g/mol. The van der Waals surface area contributed by atoms with Gasteiger partial charge in [-0.1, -0.05) is 173 Å². The molecular formula is C56H49N. The van der Waals surface area contributed by atoms with Crippen molar-refractivity contribution in [2.24, 2.45) is 0 Å². The fourth-order valence-corrected chi connectivity index (χ4v) is 9.89. The van der Waals surface area contributed by atoms with E-state index in [4.69, 9.17) is 0 Å². The Balaban J connectivity index is 1.14. The molecule has 0 unspecified atom stereocenters. The summed E-state index contributed by atoms with van der Waals surface area (Å²) in [6, 6.07) is 66.0. The van der Waals surface area contributed by atoms with E-state index >= 15 is 0 Å². The van der Waals surface area contributed by atoms with Crippen LogP contribution >= 0.6 is 0 Å². The molecule has 0 saturated heterocycles. The van der Waals surface area contributed by atoms with Crippen molar-refractivity contribution in [2.75, 3.05) is 4.90 Å². The predicted octanol–water partition coefficient (Wildman–Crippen LogP) is 16.0. The molecule has 8 aromatic carbocycles. The number of rotatable bonds is 7. The molecule has 1 fully saturated rings. The smallest absolute Gasteiger partial charge is 0.0546 e. The molecule has 0 aliphatic heterocycles.